The predicted octanol–water partition coefficient (Wildman–Crippen LogP) is 2.23. The van der Waals surface area contributed by atoms with Crippen LogP contribution in [0.25, 0.3) is 0 Å². The maximum Gasteiger partial charge on any atom is 0.253 e. The van der Waals surface area contributed by atoms with E-state index in [4.69, 9.17) is 0 Å². The van der Waals surface area contributed by atoms with E-state index < -0.39 is 0 Å². The molecule has 1 aliphatic rings. The Morgan fingerprint density at radius 1 is 1.42 bits per heavy atom. The van der Waals surface area contributed by atoms with Crippen molar-refractivity contribution in [1.82, 2.24) is 4.90 Å². The highest BCUT2D eigenvalue weighted by Crippen LogP contribution is 2.24. The minimum atomic E-state index is -0.306. The van der Waals surface area contributed by atoms with Crippen molar-refractivity contribution in [2.75, 3.05) is 13.1 Å². The standard InChI is InChI=1S/C14H18INO3/c1-9(17)10-4-6-16(7-5-10)14(19)11-2-3-12(15)13(18)8-11/h2-3,8-10,17-18H,4-7H2,1H3. The van der Waals surface area contributed by atoms with E-state index in [0.29, 0.717) is 18.7 Å². The van der Waals surface area contributed by atoms with Crippen LogP contribution in [0.1, 0.15) is 30.1 Å². The fourth-order valence-electron chi connectivity index (χ4n) is 2.41. The van der Waals surface area contributed by atoms with E-state index in [2.05, 4.69) is 0 Å². The van der Waals surface area contributed by atoms with Crippen LogP contribution < -0.4 is 0 Å². The van der Waals surface area contributed by atoms with Gasteiger partial charge < -0.3 is 15.1 Å². The molecular formula is C14H18INO3. The van der Waals surface area contributed by atoms with Crippen LogP contribution in [0.3, 0.4) is 0 Å². The van der Waals surface area contributed by atoms with Crippen molar-refractivity contribution in [3.8, 4) is 5.75 Å². The molecule has 1 amide bonds. The van der Waals surface area contributed by atoms with E-state index in [0.717, 1.165) is 16.4 Å². The number of benzene rings is 1. The molecule has 19 heavy (non-hydrogen) atoms. The van der Waals surface area contributed by atoms with Crippen molar-refractivity contribution in [2.45, 2.75) is 25.9 Å². The van der Waals surface area contributed by atoms with Gasteiger partial charge in [0.2, 0.25) is 0 Å². The minimum absolute atomic E-state index is 0.0456. The Hall–Kier alpha value is -0.820. The first-order valence-corrected chi connectivity index (χ1v) is 7.52. The highest BCUT2D eigenvalue weighted by Gasteiger charge is 2.26. The van der Waals surface area contributed by atoms with Crippen LogP contribution in [0.2, 0.25) is 0 Å². The number of likely N-dealkylation sites (tertiary alicyclic amines) is 1. The summed E-state index contributed by atoms with van der Waals surface area (Å²) in [5.41, 5.74) is 0.522. The Bertz CT molecular complexity index is 468. The van der Waals surface area contributed by atoms with E-state index in [9.17, 15) is 15.0 Å². The first kappa shape index (κ1) is 14.6. The van der Waals surface area contributed by atoms with Crippen LogP contribution in [-0.2, 0) is 0 Å². The number of phenolic OH excluding ortho intramolecular Hbond substituents is 1. The molecule has 1 unspecified atom stereocenters. The number of amides is 1. The maximum absolute atomic E-state index is 12.3. The Morgan fingerprint density at radius 3 is 2.58 bits per heavy atom. The van der Waals surface area contributed by atoms with Gasteiger partial charge in [-0.3, -0.25) is 4.79 Å². The van der Waals surface area contributed by atoms with Crippen LogP contribution in [0.4, 0.5) is 0 Å². The van der Waals surface area contributed by atoms with Crippen molar-refractivity contribution in [1.29, 1.82) is 0 Å². The number of aliphatic hydroxyl groups is 1. The number of aliphatic hydroxyl groups excluding tert-OH is 1. The molecule has 2 N–H and O–H groups in total. The van der Waals surface area contributed by atoms with Gasteiger partial charge in [-0.15, -0.1) is 0 Å². The Kier molecular flexibility index (Phi) is 4.67. The lowest BCUT2D eigenvalue weighted by Crippen LogP contribution is -2.40. The molecule has 0 aliphatic carbocycles. The second kappa shape index (κ2) is 6.09. The summed E-state index contributed by atoms with van der Waals surface area (Å²) in [5.74, 6) is 0.384. The van der Waals surface area contributed by atoms with Crippen molar-refractivity contribution >= 4 is 28.5 Å². The van der Waals surface area contributed by atoms with Gasteiger partial charge in [-0.05, 0) is 66.5 Å². The molecule has 0 bridgehead atoms. The number of halogens is 1. The second-order valence-corrected chi connectivity index (χ2v) is 6.20. The molecule has 0 radical (unpaired) electrons. The van der Waals surface area contributed by atoms with Crippen LogP contribution in [0.5, 0.6) is 5.75 Å². The molecule has 1 heterocycles. The number of hydrogen-bond donors (Lipinski definition) is 2. The summed E-state index contributed by atoms with van der Waals surface area (Å²) in [6.45, 7) is 3.14. The zero-order valence-electron chi connectivity index (χ0n) is 10.8. The number of aromatic hydroxyl groups is 1. The van der Waals surface area contributed by atoms with E-state index in [-0.39, 0.29) is 23.7 Å². The third-order valence-electron chi connectivity index (χ3n) is 3.70. The number of piperidine rings is 1. The summed E-state index contributed by atoms with van der Waals surface area (Å²) in [4.78, 5) is 14.1. The molecule has 4 nitrogen and oxygen atoms in total. The van der Waals surface area contributed by atoms with Crippen molar-refractivity contribution in [2.24, 2.45) is 5.92 Å². The quantitative estimate of drug-likeness (QED) is 0.780. The van der Waals surface area contributed by atoms with Gasteiger partial charge in [-0.2, -0.15) is 0 Å². The fourth-order valence-corrected chi connectivity index (χ4v) is 2.75. The number of carbonyl (C=O) groups excluding carboxylic acids is 1. The summed E-state index contributed by atoms with van der Waals surface area (Å²) in [6.07, 6.45) is 1.36. The van der Waals surface area contributed by atoms with Crippen LogP contribution in [0, 0.1) is 9.49 Å². The van der Waals surface area contributed by atoms with Gasteiger partial charge in [0.05, 0.1) is 9.67 Å². The third kappa shape index (κ3) is 3.39. The van der Waals surface area contributed by atoms with Gasteiger partial charge in [0.1, 0.15) is 5.75 Å². The molecular weight excluding hydrogens is 357 g/mol. The summed E-state index contributed by atoms with van der Waals surface area (Å²) in [7, 11) is 0. The van der Waals surface area contributed by atoms with E-state index in [1.165, 1.54) is 6.07 Å². The first-order chi connectivity index (χ1) is 8.99. The van der Waals surface area contributed by atoms with Gasteiger partial charge in [-0.25, -0.2) is 0 Å². The maximum atomic E-state index is 12.3. The van der Waals surface area contributed by atoms with Gasteiger partial charge in [0.25, 0.3) is 5.91 Å². The zero-order chi connectivity index (χ0) is 14.0. The van der Waals surface area contributed by atoms with Gasteiger partial charge in [-0.1, -0.05) is 0 Å². The third-order valence-corrected chi connectivity index (χ3v) is 4.61. The summed E-state index contributed by atoms with van der Waals surface area (Å²) < 4.78 is 0.738. The number of nitrogens with zero attached hydrogens (tertiary/aromatic N) is 1. The van der Waals surface area contributed by atoms with E-state index in [1.54, 1.807) is 24.0 Å². The van der Waals surface area contributed by atoms with Crippen LogP contribution >= 0.6 is 22.6 Å². The highest BCUT2D eigenvalue weighted by molar-refractivity contribution is 14.1. The molecule has 1 aromatic carbocycles. The molecule has 104 valence electrons. The summed E-state index contributed by atoms with van der Waals surface area (Å²) >= 11 is 2.03. The molecule has 1 fully saturated rings. The number of carbonyl (C=O) groups is 1. The lowest BCUT2D eigenvalue weighted by Gasteiger charge is -2.33. The van der Waals surface area contributed by atoms with Crippen LogP contribution in [0.15, 0.2) is 18.2 Å². The van der Waals surface area contributed by atoms with Gasteiger partial charge in [0.15, 0.2) is 0 Å². The molecule has 1 saturated heterocycles. The van der Waals surface area contributed by atoms with Gasteiger partial charge in [0, 0.05) is 18.7 Å². The number of hydrogen-bond acceptors (Lipinski definition) is 3. The summed E-state index contributed by atoms with van der Waals surface area (Å²) in [6, 6.07) is 5.00. The molecule has 1 atom stereocenters. The first-order valence-electron chi connectivity index (χ1n) is 6.45. The summed E-state index contributed by atoms with van der Waals surface area (Å²) in [5, 5.41) is 19.2. The molecule has 5 heteroatoms. The zero-order valence-corrected chi connectivity index (χ0v) is 13.0. The highest BCUT2D eigenvalue weighted by atomic mass is 127. The Labute approximate surface area is 126 Å². The SMILES string of the molecule is CC(O)C1CCN(C(=O)c2ccc(I)c(O)c2)CC1. The number of phenols is 1. The Balaban J connectivity index is 2.03. The number of rotatable bonds is 2. The van der Waals surface area contributed by atoms with E-state index >= 15 is 0 Å². The second-order valence-electron chi connectivity index (χ2n) is 5.04. The molecule has 0 spiro atoms. The average molecular weight is 375 g/mol. The minimum Gasteiger partial charge on any atom is -0.507 e. The molecule has 1 aromatic rings. The molecule has 1 aliphatic heterocycles. The topological polar surface area (TPSA) is 60.8 Å². The lowest BCUT2D eigenvalue weighted by atomic mass is 9.92. The van der Waals surface area contributed by atoms with Crippen molar-refractivity contribution < 1.29 is 15.0 Å². The largest absolute Gasteiger partial charge is 0.507 e. The predicted molar refractivity (Wildman–Crippen MR) is 81.1 cm³/mol. The van der Waals surface area contributed by atoms with E-state index in [1.807, 2.05) is 22.6 Å². The lowest BCUT2D eigenvalue weighted by molar-refractivity contribution is 0.0521. The van der Waals surface area contributed by atoms with Gasteiger partial charge >= 0.3 is 0 Å². The normalized spacial score (nSPS) is 18.4. The van der Waals surface area contributed by atoms with Crippen molar-refractivity contribution in [3.63, 3.8) is 0 Å². The van der Waals surface area contributed by atoms with Crippen LogP contribution in [-0.4, -0.2) is 40.2 Å². The van der Waals surface area contributed by atoms with Crippen molar-refractivity contribution in [3.05, 3.63) is 27.3 Å². The monoisotopic (exact) mass is 375 g/mol. The average Bonchev–Trinajstić information content (AvgIpc) is 2.41. The molecule has 2 rings (SSSR count). The fraction of sp³-hybridized carbons (Fsp3) is 0.500. The molecule has 0 aromatic heterocycles. The molecule has 0 saturated carbocycles. The Morgan fingerprint density at radius 2 is 2.05 bits per heavy atom. The smallest absolute Gasteiger partial charge is 0.253 e.